The van der Waals surface area contributed by atoms with Crippen LogP contribution in [0.4, 0.5) is 5.69 Å². The number of hydrogen-bond acceptors (Lipinski definition) is 3. The van der Waals surface area contributed by atoms with Crippen molar-refractivity contribution in [2.24, 2.45) is 0 Å². The Morgan fingerprint density at radius 3 is 2.43 bits per heavy atom. The maximum atomic E-state index is 12.7. The highest BCUT2D eigenvalue weighted by Gasteiger charge is 2.31. The second-order valence-electron chi connectivity index (χ2n) is 6.18. The smallest absolute Gasteiger partial charge is 0.243 e. The van der Waals surface area contributed by atoms with E-state index in [-0.39, 0.29) is 24.5 Å². The second kappa shape index (κ2) is 7.21. The van der Waals surface area contributed by atoms with Gasteiger partial charge in [-0.05, 0) is 51.3 Å². The minimum absolute atomic E-state index is 0.143. The van der Waals surface area contributed by atoms with Gasteiger partial charge >= 0.3 is 0 Å². The predicted octanol–water partition coefficient (Wildman–Crippen LogP) is 3.00. The fourth-order valence-electron chi connectivity index (χ4n) is 3.15. The van der Waals surface area contributed by atoms with E-state index in [2.05, 4.69) is 15.9 Å². The van der Waals surface area contributed by atoms with Gasteiger partial charge in [0.1, 0.15) is 6.54 Å². The van der Waals surface area contributed by atoms with Gasteiger partial charge in [-0.2, -0.15) is 0 Å². The third-order valence-corrected chi connectivity index (χ3v) is 5.89. The van der Waals surface area contributed by atoms with Gasteiger partial charge in [0, 0.05) is 16.6 Å². The van der Waals surface area contributed by atoms with E-state index in [1.807, 2.05) is 24.8 Å². The lowest BCUT2D eigenvalue weighted by Crippen LogP contribution is -2.51. The molecule has 1 aliphatic heterocycles. The number of likely N-dealkylation sites (tertiary alicyclic amines) is 1. The Morgan fingerprint density at radius 1 is 1.30 bits per heavy atom. The van der Waals surface area contributed by atoms with Crippen LogP contribution in [0.5, 0.6) is 0 Å². The number of halogens is 1. The highest BCUT2D eigenvalue weighted by atomic mass is 79.9. The van der Waals surface area contributed by atoms with E-state index >= 15 is 0 Å². The summed E-state index contributed by atoms with van der Waals surface area (Å²) in [5.74, 6) is -0.143. The Balaban J connectivity index is 2.26. The van der Waals surface area contributed by atoms with Crippen LogP contribution in [0.15, 0.2) is 28.7 Å². The Bertz CT molecular complexity index is 668. The number of anilines is 1. The van der Waals surface area contributed by atoms with Crippen molar-refractivity contribution in [3.8, 4) is 0 Å². The zero-order valence-electron chi connectivity index (χ0n) is 13.7. The first kappa shape index (κ1) is 18.3. The first-order chi connectivity index (χ1) is 10.7. The second-order valence-corrected chi connectivity index (χ2v) is 9.00. The van der Waals surface area contributed by atoms with Crippen LogP contribution in [-0.4, -0.2) is 44.1 Å². The van der Waals surface area contributed by atoms with Gasteiger partial charge in [-0.25, -0.2) is 8.42 Å². The van der Waals surface area contributed by atoms with Crippen molar-refractivity contribution in [1.82, 2.24) is 4.90 Å². The van der Waals surface area contributed by atoms with Crippen molar-refractivity contribution in [1.29, 1.82) is 0 Å². The van der Waals surface area contributed by atoms with Crippen LogP contribution in [0.2, 0.25) is 0 Å². The molecule has 0 radical (unpaired) electrons. The molecule has 0 aromatic heterocycles. The number of carbonyl (C=O) groups excluding carboxylic acids is 1. The van der Waals surface area contributed by atoms with Crippen LogP contribution in [0.1, 0.15) is 33.1 Å². The molecular formula is C16H23BrN2O3S. The number of nitrogens with zero attached hydrogens (tertiary/aromatic N) is 2. The van der Waals surface area contributed by atoms with E-state index in [4.69, 9.17) is 0 Å². The van der Waals surface area contributed by atoms with E-state index in [1.54, 1.807) is 18.2 Å². The fourth-order valence-corrected chi connectivity index (χ4v) is 4.38. The van der Waals surface area contributed by atoms with Crippen molar-refractivity contribution in [2.45, 2.75) is 45.2 Å². The van der Waals surface area contributed by atoms with E-state index in [0.29, 0.717) is 5.69 Å². The summed E-state index contributed by atoms with van der Waals surface area (Å²) < 4.78 is 26.3. The normalized spacial score (nSPS) is 22.0. The number of benzene rings is 1. The number of carbonyl (C=O) groups is 1. The molecule has 128 valence electrons. The summed E-state index contributed by atoms with van der Waals surface area (Å²) in [6, 6.07) is 7.28. The molecule has 1 heterocycles. The van der Waals surface area contributed by atoms with Crippen LogP contribution in [-0.2, 0) is 14.8 Å². The van der Waals surface area contributed by atoms with Crippen LogP contribution < -0.4 is 4.31 Å². The minimum atomic E-state index is -3.54. The van der Waals surface area contributed by atoms with Gasteiger partial charge in [0.15, 0.2) is 0 Å². The largest absolute Gasteiger partial charge is 0.336 e. The first-order valence-electron chi connectivity index (χ1n) is 7.74. The SMILES string of the molecule is C[C@H]1CCC[C@H](C)N1C(=O)CN(c1cccc(Br)c1)S(C)(=O)=O. The molecule has 1 aromatic carbocycles. The third kappa shape index (κ3) is 4.47. The molecule has 0 N–H and O–H groups in total. The first-order valence-corrected chi connectivity index (χ1v) is 10.4. The van der Waals surface area contributed by atoms with Gasteiger partial charge in [0.2, 0.25) is 15.9 Å². The maximum Gasteiger partial charge on any atom is 0.243 e. The van der Waals surface area contributed by atoms with Gasteiger partial charge in [-0.3, -0.25) is 9.10 Å². The van der Waals surface area contributed by atoms with Gasteiger partial charge in [-0.15, -0.1) is 0 Å². The molecule has 1 amide bonds. The number of hydrogen-bond donors (Lipinski definition) is 0. The summed E-state index contributed by atoms with van der Waals surface area (Å²) in [6.45, 7) is 3.89. The van der Waals surface area contributed by atoms with Crippen LogP contribution in [0, 0.1) is 0 Å². The summed E-state index contributed by atoms with van der Waals surface area (Å²) in [5.41, 5.74) is 0.493. The van der Waals surface area contributed by atoms with Crippen LogP contribution >= 0.6 is 15.9 Å². The lowest BCUT2D eigenvalue weighted by atomic mass is 9.97. The Morgan fingerprint density at radius 2 is 1.91 bits per heavy atom. The number of amides is 1. The molecule has 0 aliphatic carbocycles. The van der Waals surface area contributed by atoms with Crippen molar-refractivity contribution >= 4 is 37.5 Å². The van der Waals surface area contributed by atoms with E-state index in [9.17, 15) is 13.2 Å². The number of sulfonamides is 1. The van der Waals surface area contributed by atoms with Crippen LogP contribution in [0.3, 0.4) is 0 Å². The third-order valence-electron chi connectivity index (χ3n) is 4.26. The molecule has 0 spiro atoms. The van der Waals surface area contributed by atoms with Gasteiger partial charge in [-0.1, -0.05) is 22.0 Å². The molecule has 2 atom stereocenters. The molecule has 23 heavy (non-hydrogen) atoms. The molecule has 1 aliphatic rings. The van der Waals surface area contributed by atoms with Gasteiger partial charge in [0.05, 0.1) is 11.9 Å². The summed E-state index contributed by atoms with van der Waals surface area (Å²) in [5, 5.41) is 0. The Kier molecular flexibility index (Phi) is 5.73. The zero-order chi connectivity index (χ0) is 17.2. The monoisotopic (exact) mass is 402 g/mol. The zero-order valence-corrected chi connectivity index (χ0v) is 16.1. The van der Waals surface area contributed by atoms with Gasteiger partial charge in [0.25, 0.3) is 0 Å². The molecule has 2 rings (SSSR count). The summed E-state index contributed by atoms with van der Waals surface area (Å²) >= 11 is 3.34. The molecule has 0 saturated carbocycles. The van der Waals surface area contributed by atoms with E-state index in [0.717, 1.165) is 30.0 Å². The average Bonchev–Trinajstić information content (AvgIpc) is 2.43. The highest BCUT2D eigenvalue weighted by Crippen LogP contribution is 2.25. The highest BCUT2D eigenvalue weighted by molar-refractivity contribution is 9.10. The van der Waals surface area contributed by atoms with E-state index in [1.165, 1.54) is 4.31 Å². The van der Waals surface area contributed by atoms with Crippen molar-refractivity contribution in [3.63, 3.8) is 0 Å². The lowest BCUT2D eigenvalue weighted by Gasteiger charge is -2.40. The quantitative estimate of drug-likeness (QED) is 0.777. The summed E-state index contributed by atoms with van der Waals surface area (Å²) in [7, 11) is -3.54. The molecule has 1 saturated heterocycles. The topological polar surface area (TPSA) is 57.7 Å². The molecule has 0 unspecified atom stereocenters. The minimum Gasteiger partial charge on any atom is -0.336 e. The number of rotatable bonds is 4. The molecular weight excluding hydrogens is 380 g/mol. The fraction of sp³-hybridized carbons (Fsp3) is 0.562. The summed E-state index contributed by atoms with van der Waals surface area (Å²) in [4.78, 5) is 14.6. The standard InChI is InChI=1S/C16H23BrN2O3S/c1-12-6-4-7-13(2)19(12)16(20)11-18(23(3,21)22)15-9-5-8-14(17)10-15/h5,8-10,12-13H,4,6-7,11H2,1-3H3/t12-,13-/m0/s1. The number of piperidine rings is 1. The molecule has 1 fully saturated rings. The van der Waals surface area contributed by atoms with Crippen molar-refractivity contribution < 1.29 is 13.2 Å². The van der Waals surface area contributed by atoms with Crippen molar-refractivity contribution in [2.75, 3.05) is 17.1 Å². The van der Waals surface area contributed by atoms with Gasteiger partial charge < -0.3 is 4.90 Å². The molecule has 1 aromatic rings. The maximum absolute atomic E-state index is 12.7. The summed E-state index contributed by atoms with van der Waals surface area (Å²) in [6.07, 6.45) is 4.16. The molecule has 7 heteroatoms. The average molecular weight is 403 g/mol. The lowest BCUT2D eigenvalue weighted by molar-refractivity contribution is -0.135. The Hall–Kier alpha value is -1.08. The van der Waals surface area contributed by atoms with E-state index < -0.39 is 10.0 Å². The predicted molar refractivity (Wildman–Crippen MR) is 96.0 cm³/mol. The molecule has 0 bridgehead atoms. The Labute approximate surface area is 146 Å². The van der Waals surface area contributed by atoms with Crippen LogP contribution in [0.25, 0.3) is 0 Å². The molecule has 5 nitrogen and oxygen atoms in total. The van der Waals surface area contributed by atoms with Crippen molar-refractivity contribution in [3.05, 3.63) is 28.7 Å².